The summed E-state index contributed by atoms with van der Waals surface area (Å²) in [4.78, 5) is 12.3. The average Bonchev–Trinajstić information content (AvgIpc) is 2.53. The van der Waals surface area contributed by atoms with Crippen LogP contribution in [-0.2, 0) is 0 Å². The van der Waals surface area contributed by atoms with E-state index in [0.717, 1.165) is 25.9 Å². The van der Waals surface area contributed by atoms with E-state index < -0.39 is 0 Å². The van der Waals surface area contributed by atoms with Crippen LogP contribution in [0, 0.1) is 0 Å². The Labute approximate surface area is 137 Å². The highest BCUT2D eigenvalue weighted by atomic mass is 35.5. The van der Waals surface area contributed by atoms with Gasteiger partial charge in [-0.15, -0.1) is 12.4 Å². The number of methoxy groups -OCH3 is 1. The van der Waals surface area contributed by atoms with E-state index in [1.54, 1.807) is 31.4 Å². The second-order valence-corrected chi connectivity index (χ2v) is 4.96. The molecule has 0 spiro atoms. The number of piperidine rings is 1. The van der Waals surface area contributed by atoms with E-state index in [-0.39, 0.29) is 24.4 Å². The van der Waals surface area contributed by atoms with E-state index >= 15 is 0 Å². The van der Waals surface area contributed by atoms with Crippen molar-refractivity contribution in [1.82, 2.24) is 10.6 Å². The van der Waals surface area contributed by atoms with Gasteiger partial charge in [-0.05, 0) is 44.1 Å². The fourth-order valence-corrected chi connectivity index (χ4v) is 2.31. The van der Waals surface area contributed by atoms with E-state index in [2.05, 4.69) is 17.2 Å². The van der Waals surface area contributed by atoms with Gasteiger partial charge in [0, 0.05) is 11.6 Å². The van der Waals surface area contributed by atoms with Gasteiger partial charge in [0.15, 0.2) is 11.5 Å². The molecule has 1 heterocycles. The van der Waals surface area contributed by atoms with Crippen LogP contribution in [0.2, 0.25) is 0 Å². The lowest BCUT2D eigenvalue weighted by molar-refractivity contribution is 0.0929. The third-order valence-electron chi connectivity index (χ3n) is 3.46. The molecule has 0 saturated carbocycles. The number of hydrogen-bond acceptors (Lipinski definition) is 4. The Balaban J connectivity index is 0.00000242. The Bertz CT molecular complexity index is 502. The Hall–Kier alpha value is -1.72. The quantitative estimate of drug-likeness (QED) is 0.787. The third kappa shape index (κ3) is 4.93. The van der Waals surface area contributed by atoms with Gasteiger partial charge in [0.05, 0.1) is 7.11 Å². The number of benzene rings is 1. The van der Waals surface area contributed by atoms with Gasteiger partial charge < -0.3 is 20.1 Å². The van der Waals surface area contributed by atoms with Crippen molar-refractivity contribution in [2.24, 2.45) is 0 Å². The summed E-state index contributed by atoms with van der Waals surface area (Å²) in [5.41, 5.74) is 0.580. The van der Waals surface area contributed by atoms with Gasteiger partial charge >= 0.3 is 0 Å². The summed E-state index contributed by atoms with van der Waals surface area (Å²) in [7, 11) is 1.56. The number of carbonyl (C=O) groups excluding carboxylic acids is 1. The van der Waals surface area contributed by atoms with Crippen molar-refractivity contribution in [3.05, 3.63) is 36.4 Å². The second kappa shape index (κ2) is 9.33. The Morgan fingerprint density at radius 1 is 1.41 bits per heavy atom. The normalized spacial score (nSPS) is 14.6. The predicted octanol–water partition coefficient (Wildman–Crippen LogP) is 2.16. The Morgan fingerprint density at radius 3 is 2.77 bits per heavy atom. The lowest BCUT2D eigenvalue weighted by atomic mass is 10.1. The minimum atomic E-state index is -0.0736. The van der Waals surface area contributed by atoms with Crippen molar-refractivity contribution in [2.45, 2.75) is 18.9 Å². The summed E-state index contributed by atoms with van der Waals surface area (Å²) >= 11 is 0. The van der Waals surface area contributed by atoms with Gasteiger partial charge in [0.25, 0.3) is 5.91 Å². The summed E-state index contributed by atoms with van der Waals surface area (Å²) in [5.74, 6) is 1.08. The smallest absolute Gasteiger partial charge is 0.251 e. The van der Waals surface area contributed by atoms with Crippen LogP contribution < -0.4 is 20.1 Å². The molecule has 5 nitrogen and oxygen atoms in total. The van der Waals surface area contributed by atoms with Crippen LogP contribution in [0.25, 0.3) is 0 Å². The predicted molar refractivity (Wildman–Crippen MR) is 89.3 cm³/mol. The SMILES string of the molecule is C=CCOc1ccc(C(=O)NC2CCNCC2)cc1OC.Cl. The van der Waals surface area contributed by atoms with E-state index in [1.165, 1.54) is 0 Å². The molecule has 22 heavy (non-hydrogen) atoms. The molecule has 1 aliphatic rings. The molecule has 0 radical (unpaired) electrons. The van der Waals surface area contributed by atoms with Gasteiger partial charge in [0.1, 0.15) is 6.61 Å². The van der Waals surface area contributed by atoms with E-state index in [0.29, 0.717) is 23.7 Å². The summed E-state index contributed by atoms with van der Waals surface area (Å²) in [6.07, 6.45) is 3.59. The number of amides is 1. The first kappa shape index (κ1) is 18.3. The molecule has 0 aliphatic carbocycles. The fourth-order valence-electron chi connectivity index (χ4n) is 2.31. The zero-order chi connectivity index (χ0) is 15.1. The molecule has 2 rings (SSSR count). The first-order chi connectivity index (χ1) is 10.2. The molecule has 0 unspecified atom stereocenters. The van der Waals surface area contributed by atoms with Crippen LogP contribution in [0.1, 0.15) is 23.2 Å². The fraction of sp³-hybridized carbons (Fsp3) is 0.438. The van der Waals surface area contributed by atoms with Crippen LogP contribution in [0.4, 0.5) is 0 Å². The summed E-state index contributed by atoms with van der Waals surface area (Å²) in [5, 5.41) is 6.33. The third-order valence-corrected chi connectivity index (χ3v) is 3.46. The molecule has 0 aromatic heterocycles. The number of hydrogen-bond donors (Lipinski definition) is 2. The van der Waals surface area contributed by atoms with Crippen molar-refractivity contribution in [3.8, 4) is 11.5 Å². The molecule has 1 fully saturated rings. The van der Waals surface area contributed by atoms with E-state index in [9.17, 15) is 4.79 Å². The topological polar surface area (TPSA) is 59.6 Å². The zero-order valence-electron chi connectivity index (χ0n) is 12.8. The molecule has 0 atom stereocenters. The van der Waals surface area contributed by atoms with Gasteiger partial charge in [-0.1, -0.05) is 12.7 Å². The van der Waals surface area contributed by atoms with Crippen molar-refractivity contribution >= 4 is 18.3 Å². The summed E-state index contributed by atoms with van der Waals surface area (Å²) < 4.78 is 10.8. The van der Waals surface area contributed by atoms with Gasteiger partial charge in [-0.3, -0.25) is 4.79 Å². The maximum atomic E-state index is 12.3. The molecule has 1 aliphatic heterocycles. The van der Waals surface area contributed by atoms with Crippen LogP contribution in [0.15, 0.2) is 30.9 Å². The maximum absolute atomic E-state index is 12.3. The van der Waals surface area contributed by atoms with Crippen LogP contribution in [-0.4, -0.2) is 38.8 Å². The largest absolute Gasteiger partial charge is 0.493 e. The summed E-state index contributed by atoms with van der Waals surface area (Å²) in [6, 6.07) is 5.44. The summed E-state index contributed by atoms with van der Waals surface area (Å²) in [6.45, 7) is 5.90. The Kier molecular flexibility index (Phi) is 7.77. The number of nitrogens with one attached hydrogen (secondary N) is 2. The van der Waals surface area contributed by atoms with Crippen LogP contribution in [0.3, 0.4) is 0 Å². The van der Waals surface area contributed by atoms with E-state index in [1.807, 2.05) is 0 Å². The minimum Gasteiger partial charge on any atom is -0.493 e. The highest BCUT2D eigenvalue weighted by molar-refractivity contribution is 5.95. The van der Waals surface area contributed by atoms with Crippen LogP contribution in [0.5, 0.6) is 11.5 Å². The Morgan fingerprint density at radius 2 is 2.14 bits per heavy atom. The van der Waals surface area contributed by atoms with Crippen molar-refractivity contribution in [3.63, 3.8) is 0 Å². The molecule has 2 N–H and O–H groups in total. The highest BCUT2D eigenvalue weighted by Gasteiger charge is 2.17. The van der Waals surface area contributed by atoms with Crippen LogP contribution >= 0.6 is 12.4 Å². The maximum Gasteiger partial charge on any atom is 0.251 e. The van der Waals surface area contributed by atoms with Crippen molar-refractivity contribution in [2.75, 3.05) is 26.8 Å². The molecule has 1 aromatic carbocycles. The van der Waals surface area contributed by atoms with Crippen molar-refractivity contribution < 1.29 is 14.3 Å². The molecule has 6 heteroatoms. The minimum absolute atomic E-state index is 0. The molecular formula is C16H23ClN2O3. The zero-order valence-corrected chi connectivity index (χ0v) is 13.6. The average molecular weight is 327 g/mol. The number of halogens is 1. The van der Waals surface area contributed by atoms with Crippen molar-refractivity contribution in [1.29, 1.82) is 0 Å². The lowest BCUT2D eigenvalue weighted by Gasteiger charge is -2.23. The second-order valence-electron chi connectivity index (χ2n) is 4.96. The monoisotopic (exact) mass is 326 g/mol. The molecule has 122 valence electrons. The lowest BCUT2D eigenvalue weighted by Crippen LogP contribution is -2.42. The first-order valence-corrected chi connectivity index (χ1v) is 7.18. The first-order valence-electron chi connectivity index (χ1n) is 7.18. The number of ether oxygens (including phenoxy) is 2. The van der Waals surface area contributed by atoms with Gasteiger partial charge in [-0.2, -0.15) is 0 Å². The van der Waals surface area contributed by atoms with Gasteiger partial charge in [-0.25, -0.2) is 0 Å². The standard InChI is InChI=1S/C16H22N2O3.ClH/c1-3-10-21-14-5-4-12(11-15(14)20-2)16(19)18-13-6-8-17-9-7-13;/h3-5,11,13,17H,1,6-10H2,2H3,(H,18,19);1H. The van der Waals surface area contributed by atoms with E-state index in [4.69, 9.17) is 9.47 Å². The highest BCUT2D eigenvalue weighted by Crippen LogP contribution is 2.28. The molecule has 1 amide bonds. The molecule has 0 bridgehead atoms. The molecule has 1 saturated heterocycles. The molecule has 1 aromatic rings. The molecular weight excluding hydrogens is 304 g/mol. The number of carbonyl (C=O) groups is 1. The van der Waals surface area contributed by atoms with Gasteiger partial charge in [0.2, 0.25) is 0 Å². The number of rotatable bonds is 6.